The zero-order valence-corrected chi connectivity index (χ0v) is 18.5. The van der Waals surface area contributed by atoms with Crippen molar-refractivity contribution in [3.8, 4) is 5.75 Å². The molecule has 2 fully saturated rings. The van der Waals surface area contributed by atoms with Crippen molar-refractivity contribution in [1.82, 2.24) is 15.5 Å². The molecule has 1 aliphatic carbocycles. The van der Waals surface area contributed by atoms with E-state index in [0.29, 0.717) is 23.5 Å². The van der Waals surface area contributed by atoms with Crippen molar-refractivity contribution in [3.05, 3.63) is 29.8 Å². The van der Waals surface area contributed by atoms with E-state index in [0.717, 1.165) is 6.42 Å². The van der Waals surface area contributed by atoms with Gasteiger partial charge in [0.05, 0.1) is 6.10 Å². The maximum absolute atomic E-state index is 14.1. The van der Waals surface area contributed by atoms with Crippen LogP contribution in [-0.4, -0.2) is 46.7 Å². The molecule has 1 aromatic rings. The largest absolute Gasteiger partial charge is 0.491 e. The molecule has 10 heteroatoms. The zero-order valence-electron chi connectivity index (χ0n) is 18.5. The van der Waals surface area contributed by atoms with Gasteiger partial charge in [-0.1, -0.05) is 26.7 Å². The minimum Gasteiger partial charge on any atom is -0.491 e. The minimum atomic E-state index is -5.24. The van der Waals surface area contributed by atoms with Crippen LogP contribution in [0.25, 0.3) is 0 Å². The van der Waals surface area contributed by atoms with Gasteiger partial charge in [0.1, 0.15) is 5.75 Å². The molecule has 0 aromatic heterocycles. The molecule has 3 rings (SSSR count). The van der Waals surface area contributed by atoms with Gasteiger partial charge in [-0.25, -0.2) is 4.79 Å². The SMILES string of the molecule is CC(C)Oc1ccc(C(=O)N[C@]2(C(F)(F)F)NC(=O)N([C@@H]3CCC[C@H](C)[C@@H]3C)C2=O)cc1. The number of imide groups is 1. The average Bonchev–Trinajstić information content (AvgIpc) is 2.95. The van der Waals surface area contributed by atoms with Crippen LogP contribution in [0.4, 0.5) is 18.0 Å². The number of halogens is 3. The lowest BCUT2D eigenvalue weighted by molar-refractivity contribution is -0.201. The van der Waals surface area contributed by atoms with E-state index in [4.69, 9.17) is 4.74 Å². The van der Waals surface area contributed by atoms with E-state index in [9.17, 15) is 27.6 Å². The third-order valence-corrected chi connectivity index (χ3v) is 6.26. The summed E-state index contributed by atoms with van der Waals surface area (Å²) in [4.78, 5) is 39.0. The van der Waals surface area contributed by atoms with Gasteiger partial charge in [-0.15, -0.1) is 0 Å². The van der Waals surface area contributed by atoms with Crippen LogP contribution in [0.15, 0.2) is 24.3 Å². The standard InChI is InChI=1S/C22H28F3N3O4/c1-12(2)32-16-10-8-15(9-11-16)18(29)26-21(22(23,24)25)19(30)28(20(31)27-21)17-7-5-6-13(3)14(17)4/h8-14,17H,5-7H2,1-4H3,(H,26,29)(H,27,31)/t13-,14-,17+,21-/m0/s1. The molecule has 1 saturated heterocycles. The fourth-order valence-electron chi connectivity index (χ4n) is 4.31. The van der Waals surface area contributed by atoms with Gasteiger partial charge in [0.2, 0.25) is 0 Å². The van der Waals surface area contributed by atoms with E-state index in [2.05, 4.69) is 0 Å². The van der Waals surface area contributed by atoms with E-state index >= 15 is 0 Å². The molecule has 1 saturated carbocycles. The van der Waals surface area contributed by atoms with Gasteiger partial charge in [0, 0.05) is 11.6 Å². The molecule has 1 aromatic carbocycles. The predicted molar refractivity (Wildman–Crippen MR) is 110 cm³/mol. The topological polar surface area (TPSA) is 87.7 Å². The molecule has 2 N–H and O–H groups in total. The minimum absolute atomic E-state index is 0.107. The monoisotopic (exact) mass is 455 g/mol. The third-order valence-electron chi connectivity index (χ3n) is 6.26. The average molecular weight is 455 g/mol. The Balaban J connectivity index is 1.88. The van der Waals surface area contributed by atoms with Crippen LogP contribution in [0.2, 0.25) is 0 Å². The van der Waals surface area contributed by atoms with Gasteiger partial charge in [-0.2, -0.15) is 13.2 Å². The van der Waals surface area contributed by atoms with E-state index in [1.165, 1.54) is 24.3 Å². The van der Waals surface area contributed by atoms with Crippen LogP contribution < -0.4 is 15.4 Å². The predicted octanol–water partition coefficient (Wildman–Crippen LogP) is 3.84. The summed E-state index contributed by atoms with van der Waals surface area (Å²) in [5.41, 5.74) is -3.63. The number of urea groups is 1. The molecule has 0 bridgehead atoms. The molecule has 1 aliphatic heterocycles. The Labute approximate surface area is 184 Å². The second kappa shape index (κ2) is 8.63. The molecule has 32 heavy (non-hydrogen) atoms. The lowest BCUT2D eigenvalue weighted by Crippen LogP contribution is -2.69. The van der Waals surface area contributed by atoms with Crippen LogP contribution in [0.3, 0.4) is 0 Å². The van der Waals surface area contributed by atoms with Crippen LogP contribution in [-0.2, 0) is 4.79 Å². The summed E-state index contributed by atoms with van der Waals surface area (Å²) >= 11 is 0. The van der Waals surface area contributed by atoms with Gasteiger partial charge < -0.3 is 10.1 Å². The highest BCUT2D eigenvalue weighted by Crippen LogP contribution is 2.39. The summed E-state index contributed by atoms with van der Waals surface area (Å²) in [6.07, 6.45) is -3.37. The van der Waals surface area contributed by atoms with Gasteiger partial charge in [-0.05, 0) is 56.4 Å². The molecular weight excluding hydrogens is 427 g/mol. The molecule has 0 spiro atoms. The molecule has 2 aliphatic rings. The smallest absolute Gasteiger partial charge is 0.440 e. The molecule has 0 radical (unpaired) electrons. The number of hydrogen-bond acceptors (Lipinski definition) is 4. The normalized spacial score (nSPS) is 28.6. The molecular formula is C22H28F3N3O4. The number of alkyl halides is 3. The number of benzene rings is 1. The van der Waals surface area contributed by atoms with E-state index in [-0.39, 0.29) is 23.5 Å². The molecule has 0 unspecified atom stereocenters. The summed E-state index contributed by atoms with van der Waals surface area (Å²) in [5, 5.41) is 3.49. The van der Waals surface area contributed by atoms with Gasteiger partial charge >= 0.3 is 12.2 Å². The second-order valence-corrected chi connectivity index (χ2v) is 8.83. The van der Waals surface area contributed by atoms with Crippen molar-refractivity contribution in [2.24, 2.45) is 11.8 Å². The third kappa shape index (κ3) is 4.27. The fraction of sp³-hybridized carbons (Fsp3) is 0.591. The van der Waals surface area contributed by atoms with Crippen molar-refractivity contribution < 1.29 is 32.3 Å². The number of carbonyl (C=O) groups excluding carboxylic acids is 3. The van der Waals surface area contributed by atoms with Crippen molar-refractivity contribution in [2.75, 3.05) is 0 Å². The van der Waals surface area contributed by atoms with Crippen LogP contribution in [0.5, 0.6) is 5.75 Å². The highest BCUT2D eigenvalue weighted by Gasteiger charge is 2.69. The molecule has 7 nitrogen and oxygen atoms in total. The quantitative estimate of drug-likeness (QED) is 0.661. The van der Waals surface area contributed by atoms with Crippen LogP contribution in [0, 0.1) is 11.8 Å². The van der Waals surface area contributed by atoms with Gasteiger partial charge in [0.15, 0.2) is 0 Å². The Morgan fingerprint density at radius 1 is 1.19 bits per heavy atom. The van der Waals surface area contributed by atoms with Crippen LogP contribution in [0.1, 0.15) is 57.3 Å². The molecule has 1 heterocycles. The summed E-state index contributed by atoms with van der Waals surface area (Å²) in [6, 6.07) is 3.66. The Hall–Kier alpha value is -2.78. The summed E-state index contributed by atoms with van der Waals surface area (Å²) < 4.78 is 47.9. The summed E-state index contributed by atoms with van der Waals surface area (Å²) in [5.74, 6) is -2.21. The van der Waals surface area contributed by atoms with Gasteiger partial charge in [-0.3, -0.25) is 19.8 Å². The summed E-state index contributed by atoms with van der Waals surface area (Å²) in [6.45, 7) is 7.38. The van der Waals surface area contributed by atoms with Crippen molar-refractivity contribution in [2.45, 2.75) is 70.9 Å². The second-order valence-electron chi connectivity index (χ2n) is 8.83. The number of ether oxygens (including phenoxy) is 1. The van der Waals surface area contributed by atoms with Crippen molar-refractivity contribution in [1.29, 1.82) is 0 Å². The maximum Gasteiger partial charge on any atom is 0.440 e. The first-order valence-electron chi connectivity index (χ1n) is 10.7. The van der Waals surface area contributed by atoms with Crippen LogP contribution >= 0.6 is 0 Å². The number of rotatable bonds is 5. The number of nitrogens with zero attached hydrogens (tertiary/aromatic N) is 1. The lowest BCUT2D eigenvalue weighted by atomic mass is 9.77. The fourth-order valence-corrected chi connectivity index (χ4v) is 4.31. The summed E-state index contributed by atoms with van der Waals surface area (Å²) in [7, 11) is 0. The van der Waals surface area contributed by atoms with E-state index in [1.807, 2.05) is 27.7 Å². The lowest BCUT2D eigenvalue weighted by Gasteiger charge is -2.38. The Kier molecular flexibility index (Phi) is 6.44. The van der Waals surface area contributed by atoms with E-state index < -0.39 is 35.7 Å². The van der Waals surface area contributed by atoms with Gasteiger partial charge in [0.25, 0.3) is 17.5 Å². The number of nitrogens with one attached hydrogen (secondary N) is 2. The number of carbonyl (C=O) groups is 3. The highest BCUT2D eigenvalue weighted by atomic mass is 19.4. The first-order chi connectivity index (χ1) is 14.9. The Bertz CT molecular complexity index is 887. The Morgan fingerprint density at radius 2 is 1.81 bits per heavy atom. The first kappa shape index (κ1) is 23.9. The molecule has 4 atom stereocenters. The van der Waals surface area contributed by atoms with Crippen molar-refractivity contribution in [3.63, 3.8) is 0 Å². The van der Waals surface area contributed by atoms with Crippen molar-refractivity contribution >= 4 is 17.8 Å². The number of hydrogen-bond donors (Lipinski definition) is 2. The number of amides is 4. The zero-order chi connectivity index (χ0) is 23.8. The molecule has 4 amide bonds. The highest BCUT2D eigenvalue weighted by molar-refractivity contribution is 6.10. The van der Waals surface area contributed by atoms with E-state index in [1.54, 1.807) is 10.6 Å². The maximum atomic E-state index is 14.1. The Morgan fingerprint density at radius 3 is 2.38 bits per heavy atom. The molecule has 176 valence electrons. The first-order valence-corrected chi connectivity index (χ1v) is 10.7.